The smallest absolute Gasteiger partial charge is 0.422 e. The second-order valence-electron chi connectivity index (χ2n) is 6.32. The fraction of sp³-hybridized carbons (Fsp3) is 0.353. The number of anilines is 1. The van der Waals surface area contributed by atoms with Crippen LogP contribution in [0.2, 0.25) is 0 Å². The first-order valence-corrected chi connectivity index (χ1v) is 8.43. The Morgan fingerprint density at radius 1 is 1.34 bits per heavy atom. The highest BCUT2D eigenvalue weighted by atomic mass is 19.4. The fourth-order valence-corrected chi connectivity index (χ4v) is 3.02. The van der Waals surface area contributed by atoms with Crippen molar-refractivity contribution in [2.45, 2.75) is 32.0 Å². The third-order valence-corrected chi connectivity index (χ3v) is 4.23. The molecule has 0 saturated carbocycles. The number of fused-ring (bicyclic) bond motifs is 1. The van der Waals surface area contributed by atoms with E-state index in [9.17, 15) is 32.3 Å². The van der Waals surface area contributed by atoms with Crippen molar-refractivity contribution in [1.82, 2.24) is 14.9 Å². The van der Waals surface area contributed by atoms with Crippen LogP contribution in [0.3, 0.4) is 0 Å². The number of ether oxygens (including phenoxy) is 1. The standard InChI is InChI=1S/C17H15F3N4O5/c1-8-21-13-9(15(27)24(8)11-5-6-12(25)23-14(11)26)3-2-4-10(13)22-16(28)29-7-17(18,19)20/h2-4,11H,5-7H2,1H3,(H,22,28)(H,23,25,26). The van der Waals surface area contributed by atoms with Crippen LogP contribution >= 0.6 is 0 Å². The summed E-state index contributed by atoms with van der Waals surface area (Å²) < 4.78 is 41.8. The van der Waals surface area contributed by atoms with E-state index in [1.165, 1.54) is 25.1 Å². The Morgan fingerprint density at radius 2 is 2.07 bits per heavy atom. The van der Waals surface area contributed by atoms with E-state index in [1.54, 1.807) is 0 Å². The Kier molecular flexibility index (Phi) is 5.27. The van der Waals surface area contributed by atoms with Gasteiger partial charge in [0.2, 0.25) is 11.8 Å². The van der Waals surface area contributed by atoms with Gasteiger partial charge in [-0.25, -0.2) is 9.78 Å². The lowest BCUT2D eigenvalue weighted by atomic mass is 10.1. The Bertz CT molecular complexity index is 1060. The highest BCUT2D eigenvalue weighted by molar-refractivity contribution is 6.00. The molecule has 1 aliphatic rings. The van der Waals surface area contributed by atoms with Gasteiger partial charge in [-0.1, -0.05) is 6.07 Å². The number of nitrogens with one attached hydrogen (secondary N) is 2. The number of alkyl halides is 3. The average molecular weight is 412 g/mol. The number of para-hydroxylation sites is 1. The van der Waals surface area contributed by atoms with E-state index >= 15 is 0 Å². The first-order valence-electron chi connectivity index (χ1n) is 8.43. The van der Waals surface area contributed by atoms with E-state index in [4.69, 9.17) is 0 Å². The monoisotopic (exact) mass is 412 g/mol. The van der Waals surface area contributed by atoms with Crippen LogP contribution in [0, 0.1) is 6.92 Å². The second-order valence-corrected chi connectivity index (χ2v) is 6.32. The minimum absolute atomic E-state index is 0.0229. The number of aromatic nitrogens is 2. The van der Waals surface area contributed by atoms with E-state index in [0.29, 0.717) is 0 Å². The molecule has 2 N–H and O–H groups in total. The van der Waals surface area contributed by atoms with Gasteiger partial charge in [0.05, 0.1) is 11.1 Å². The van der Waals surface area contributed by atoms with E-state index in [1.807, 2.05) is 0 Å². The van der Waals surface area contributed by atoms with Gasteiger partial charge in [-0.3, -0.25) is 29.6 Å². The summed E-state index contributed by atoms with van der Waals surface area (Å²) in [4.78, 5) is 52.3. The molecule has 1 aromatic carbocycles. The zero-order chi connectivity index (χ0) is 21.3. The molecule has 0 radical (unpaired) electrons. The van der Waals surface area contributed by atoms with Crippen molar-refractivity contribution >= 4 is 34.5 Å². The van der Waals surface area contributed by atoms with Gasteiger partial charge >= 0.3 is 12.3 Å². The number of hydrogen-bond donors (Lipinski definition) is 2. The molecule has 1 atom stereocenters. The van der Waals surface area contributed by atoms with Gasteiger partial charge in [0, 0.05) is 6.42 Å². The number of hydrogen-bond acceptors (Lipinski definition) is 6. The van der Waals surface area contributed by atoms with Crippen LogP contribution in [0.15, 0.2) is 23.0 Å². The second kappa shape index (κ2) is 7.53. The first-order chi connectivity index (χ1) is 13.6. The molecule has 1 saturated heterocycles. The summed E-state index contributed by atoms with van der Waals surface area (Å²) in [7, 11) is 0. The maximum Gasteiger partial charge on any atom is 0.422 e. The Labute approximate surface area is 160 Å². The van der Waals surface area contributed by atoms with Gasteiger partial charge in [0.25, 0.3) is 5.56 Å². The van der Waals surface area contributed by atoms with E-state index in [-0.39, 0.29) is 35.3 Å². The number of nitrogens with zero attached hydrogens (tertiary/aromatic N) is 2. The van der Waals surface area contributed by atoms with Crippen molar-refractivity contribution < 1.29 is 32.3 Å². The number of benzene rings is 1. The van der Waals surface area contributed by atoms with Gasteiger partial charge in [-0.2, -0.15) is 13.2 Å². The maximum absolute atomic E-state index is 12.9. The third-order valence-electron chi connectivity index (χ3n) is 4.23. The van der Waals surface area contributed by atoms with Gasteiger partial charge in [-0.05, 0) is 25.5 Å². The minimum Gasteiger partial charge on any atom is -0.440 e. The Hall–Kier alpha value is -3.44. The normalized spacial score (nSPS) is 17.2. The Morgan fingerprint density at radius 3 is 2.72 bits per heavy atom. The molecule has 1 unspecified atom stereocenters. The van der Waals surface area contributed by atoms with Crippen molar-refractivity contribution in [3.63, 3.8) is 0 Å². The predicted octanol–water partition coefficient (Wildman–Crippen LogP) is 1.79. The quantitative estimate of drug-likeness (QED) is 0.742. The molecule has 29 heavy (non-hydrogen) atoms. The lowest BCUT2D eigenvalue weighted by Crippen LogP contribution is -2.45. The highest BCUT2D eigenvalue weighted by Gasteiger charge is 2.31. The van der Waals surface area contributed by atoms with Crippen LogP contribution in [0.5, 0.6) is 0 Å². The van der Waals surface area contributed by atoms with Gasteiger partial charge < -0.3 is 4.74 Å². The molecule has 1 aliphatic heterocycles. The topological polar surface area (TPSA) is 119 Å². The van der Waals surface area contributed by atoms with Crippen molar-refractivity contribution in [2.75, 3.05) is 11.9 Å². The number of carbonyl (C=O) groups excluding carboxylic acids is 3. The molecular weight excluding hydrogens is 397 g/mol. The van der Waals surface area contributed by atoms with Crippen molar-refractivity contribution in [3.05, 3.63) is 34.4 Å². The zero-order valence-corrected chi connectivity index (χ0v) is 15.0. The van der Waals surface area contributed by atoms with Crippen LogP contribution < -0.4 is 16.2 Å². The molecular formula is C17H15F3N4O5. The van der Waals surface area contributed by atoms with Crippen LogP contribution in [0.25, 0.3) is 10.9 Å². The number of amides is 3. The van der Waals surface area contributed by atoms with Crippen molar-refractivity contribution in [1.29, 1.82) is 0 Å². The van der Waals surface area contributed by atoms with Crippen molar-refractivity contribution in [3.8, 4) is 0 Å². The number of rotatable bonds is 3. The van der Waals surface area contributed by atoms with E-state index in [2.05, 4.69) is 20.4 Å². The van der Waals surface area contributed by atoms with E-state index in [0.717, 1.165) is 4.57 Å². The predicted molar refractivity (Wildman–Crippen MR) is 93.2 cm³/mol. The van der Waals surface area contributed by atoms with Gasteiger partial charge in [-0.15, -0.1) is 0 Å². The SMILES string of the molecule is Cc1nc2c(NC(=O)OCC(F)(F)F)cccc2c(=O)n1C1CCC(=O)NC1=O. The summed E-state index contributed by atoms with van der Waals surface area (Å²) >= 11 is 0. The van der Waals surface area contributed by atoms with Gasteiger partial charge in [0.15, 0.2) is 6.61 Å². The summed E-state index contributed by atoms with van der Waals surface area (Å²) in [5, 5.41) is 4.33. The lowest BCUT2D eigenvalue weighted by Gasteiger charge is -2.24. The summed E-state index contributed by atoms with van der Waals surface area (Å²) in [6.07, 6.45) is -5.85. The molecule has 0 aliphatic carbocycles. The number of aryl methyl sites for hydroxylation is 1. The molecule has 2 heterocycles. The van der Waals surface area contributed by atoms with Crippen LogP contribution in [-0.2, 0) is 14.3 Å². The fourth-order valence-electron chi connectivity index (χ4n) is 3.02. The van der Waals surface area contributed by atoms with E-state index < -0.39 is 42.3 Å². The minimum atomic E-state index is -4.68. The molecule has 1 fully saturated rings. The lowest BCUT2D eigenvalue weighted by molar-refractivity contribution is -0.159. The zero-order valence-electron chi connectivity index (χ0n) is 15.0. The first kappa shape index (κ1) is 20.3. The largest absolute Gasteiger partial charge is 0.440 e. The molecule has 0 bridgehead atoms. The molecule has 12 heteroatoms. The number of halogens is 3. The maximum atomic E-state index is 12.9. The molecule has 154 valence electrons. The van der Waals surface area contributed by atoms with Crippen molar-refractivity contribution in [2.24, 2.45) is 0 Å². The highest BCUT2D eigenvalue weighted by Crippen LogP contribution is 2.24. The summed E-state index contributed by atoms with van der Waals surface area (Å²) in [6, 6.07) is 3.22. The molecule has 1 aromatic heterocycles. The summed E-state index contributed by atoms with van der Waals surface area (Å²) in [5.41, 5.74) is -0.581. The average Bonchev–Trinajstić information content (AvgIpc) is 2.62. The number of imide groups is 1. The Balaban J connectivity index is 1.96. The number of piperidine rings is 1. The molecule has 9 nitrogen and oxygen atoms in total. The van der Waals surface area contributed by atoms with Crippen LogP contribution in [-0.4, -0.2) is 40.2 Å². The molecule has 3 amide bonds. The summed E-state index contributed by atoms with van der Waals surface area (Å²) in [5.74, 6) is -0.929. The third kappa shape index (κ3) is 4.36. The van der Waals surface area contributed by atoms with Crippen LogP contribution in [0.1, 0.15) is 24.7 Å². The molecule has 0 spiro atoms. The summed E-state index contributed by atoms with van der Waals surface area (Å²) in [6.45, 7) is -0.304. The molecule has 2 aromatic rings. The van der Waals surface area contributed by atoms with Gasteiger partial charge in [0.1, 0.15) is 17.4 Å². The number of carbonyl (C=O) groups is 3. The molecule has 3 rings (SSSR count). The van der Waals surface area contributed by atoms with Crippen LogP contribution in [0.4, 0.5) is 23.7 Å².